The first-order valence-electron chi connectivity index (χ1n) is 7.48. The highest BCUT2D eigenvalue weighted by atomic mass is 35.5. The lowest BCUT2D eigenvalue weighted by atomic mass is 9.95. The van der Waals surface area contributed by atoms with Gasteiger partial charge in [0, 0.05) is 11.6 Å². The SMILES string of the molecule is CC1(C)C=Cc2c(cc3oc4ccccc4c(=O)c3c2C(=O)Cl)O1. The summed E-state index contributed by atoms with van der Waals surface area (Å²) in [4.78, 5) is 25.0. The monoisotopic (exact) mass is 340 g/mol. The molecule has 4 nitrogen and oxygen atoms in total. The van der Waals surface area contributed by atoms with Crippen LogP contribution in [0.3, 0.4) is 0 Å². The van der Waals surface area contributed by atoms with E-state index in [-0.39, 0.29) is 22.0 Å². The summed E-state index contributed by atoms with van der Waals surface area (Å²) in [7, 11) is 0. The van der Waals surface area contributed by atoms with E-state index in [0.717, 1.165) is 0 Å². The maximum Gasteiger partial charge on any atom is 0.254 e. The van der Waals surface area contributed by atoms with Gasteiger partial charge < -0.3 is 9.15 Å². The second kappa shape index (κ2) is 4.95. The molecular weight excluding hydrogens is 328 g/mol. The average Bonchev–Trinajstić information content (AvgIpc) is 2.52. The first kappa shape index (κ1) is 15.0. The number of carbonyl (C=O) groups is 1. The van der Waals surface area contributed by atoms with Gasteiger partial charge in [-0.2, -0.15) is 0 Å². The maximum atomic E-state index is 12.9. The highest BCUT2D eigenvalue weighted by Crippen LogP contribution is 2.38. The molecule has 120 valence electrons. The third kappa shape index (κ3) is 2.14. The van der Waals surface area contributed by atoms with Crippen LogP contribution in [0.15, 0.2) is 45.6 Å². The Morgan fingerprint density at radius 1 is 1.17 bits per heavy atom. The van der Waals surface area contributed by atoms with Gasteiger partial charge >= 0.3 is 0 Å². The number of carbonyl (C=O) groups excluding carboxylic acids is 1. The minimum absolute atomic E-state index is 0.121. The van der Waals surface area contributed by atoms with E-state index in [1.165, 1.54) is 0 Å². The van der Waals surface area contributed by atoms with Crippen LogP contribution in [0.2, 0.25) is 0 Å². The van der Waals surface area contributed by atoms with Crippen molar-refractivity contribution >= 4 is 44.9 Å². The van der Waals surface area contributed by atoms with Gasteiger partial charge in [0.15, 0.2) is 0 Å². The average molecular weight is 341 g/mol. The van der Waals surface area contributed by atoms with E-state index in [2.05, 4.69) is 0 Å². The molecule has 0 spiro atoms. The Morgan fingerprint density at radius 2 is 1.92 bits per heavy atom. The minimum Gasteiger partial charge on any atom is -0.483 e. The lowest BCUT2D eigenvalue weighted by Crippen LogP contribution is -2.28. The van der Waals surface area contributed by atoms with Gasteiger partial charge in [0.1, 0.15) is 22.5 Å². The molecule has 0 unspecified atom stereocenters. The molecule has 0 saturated carbocycles. The number of hydrogen-bond acceptors (Lipinski definition) is 4. The Hall–Kier alpha value is -2.59. The van der Waals surface area contributed by atoms with E-state index in [0.29, 0.717) is 22.3 Å². The Balaban J connectivity index is 2.22. The van der Waals surface area contributed by atoms with Crippen LogP contribution in [-0.2, 0) is 0 Å². The number of fused-ring (bicyclic) bond motifs is 3. The third-order valence-corrected chi connectivity index (χ3v) is 4.28. The number of ether oxygens (including phenoxy) is 1. The van der Waals surface area contributed by atoms with Crippen molar-refractivity contribution in [2.75, 3.05) is 0 Å². The second-order valence-electron chi connectivity index (χ2n) is 6.28. The molecule has 4 rings (SSSR count). The van der Waals surface area contributed by atoms with Crippen LogP contribution in [-0.4, -0.2) is 10.8 Å². The van der Waals surface area contributed by atoms with Gasteiger partial charge in [0.25, 0.3) is 5.24 Å². The van der Waals surface area contributed by atoms with Crippen LogP contribution >= 0.6 is 11.6 Å². The molecule has 0 bridgehead atoms. The van der Waals surface area contributed by atoms with E-state index in [9.17, 15) is 9.59 Å². The fourth-order valence-corrected chi connectivity index (χ4v) is 3.20. The van der Waals surface area contributed by atoms with E-state index in [4.69, 9.17) is 20.8 Å². The summed E-state index contributed by atoms with van der Waals surface area (Å²) in [6.45, 7) is 3.80. The van der Waals surface area contributed by atoms with E-state index < -0.39 is 10.8 Å². The van der Waals surface area contributed by atoms with Crippen molar-refractivity contribution in [1.29, 1.82) is 0 Å². The lowest BCUT2D eigenvalue weighted by Gasteiger charge is -2.28. The summed E-state index contributed by atoms with van der Waals surface area (Å²) in [5.41, 5.74) is 0.558. The maximum absolute atomic E-state index is 12.9. The zero-order valence-corrected chi connectivity index (χ0v) is 13.8. The molecule has 2 aromatic carbocycles. The molecule has 0 fully saturated rings. The van der Waals surface area contributed by atoms with E-state index >= 15 is 0 Å². The Kier molecular flexibility index (Phi) is 3.09. The van der Waals surface area contributed by atoms with Gasteiger partial charge in [-0.05, 0) is 43.7 Å². The molecule has 0 radical (unpaired) electrons. The van der Waals surface area contributed by atoms with Crippen molar-refractivity contribution in [2.45, 2.75) is 19.4 Å². The molecule has 24 heavy (non-hydrogen) atoms. The molecule has 3 aromatic rings. The topological polar surface area (TPSA) is 56.5 Å². The van der Waals surface area contributed by atoms with Crippen LogP contribution in [0.4, 0.5) is 0 Å². The molecule has 1 aliphatic rings. The van der Waals surface area contributed by atoms with Crippen molar-refractivity contribution in [1.82, 2.24) is 0 Å². The number of para-hydroxylation sites is 1. The molecule has 0 amide bonds. The van der Waals surface area contributed by atoms with Crippen LogP contribution in [0.25, 0.3) is 28.0 Å². The molecule has 1 aliphatic heterocycles. The molecule has 0 saturated heterocycles. The van der Waals surface area contributed by atoms with Crippen molar-refractivity contribution in [2.24, 2.45) is 0 Å². The number of rotatable bonds is 1. The normalized spacial score (nSPS) is 15.3. The van der Waals surface area contributed by atoms with Gasteiger partial charge in [-0.25, -0.2) is 0 Å². The number of benzene rings is 2. The predicted octanol–water partition coefficient (Wildman–Crippen LogP) is 4.51. The van der Waals surface area contributed by atoms with Gasteiger partial charge in [0.2, 0.25) is 5.43 Å². The molecule has 0 atom stereocenters. The van der Waals surface area contributed by atoms with Gasteiger partial charge in [-0.15, -0.1) is 0 Å². The Bertz CT molecular complexity index is 1110. The summed E-state index contributed by atoms with van der Waals surface area (Å²) >= 11 is 5.80. The van der Waals surface area contributed by atoms with Gasteiger partial charge in [0.05, 0.1) is 16.3 Å². The third-order valence-electron chi connectivity index (χ3n) is 4.09. The summed E-state index contributed by atoms with van der Waals surface area (Å²) in [5.74, 6) is 0.470. The largest absolute Gasteiger partial charge is 0.483 e. The zero-order valence-electron chi connectivity index (χ0n) is 13.1. The highest BCUT2D eigenvalue weighted by Gasteiger charge is 2.28. The van der Waals surface area contributed by atoms with Crippen molar-refractivity contribution in [3.8, 4) is 5.75 Å². The second-order valence-corrected chi connectivity index (χ2v) is 6.62. The van der Waals surface area contributed by atoms with Gasteiger partial charge in [-0.3, -0.25) is 9.59 Å². The molecule has 0 aliphatic carbocycles. The van der Waals surface area contributed by atoms with Gasteiger partial charge in [-0.1, -0.05) is 18.2 Å². The Labute approximate surface area is 142 Å². The van der Waals surface area contributed by atoms with Crippen molar-refractivity contribution < 1.29 is 13.9 Å². The predicted molar refractivity (Wildman–Crippen MR) is 93.9 cm³/mol. The lowest BCUT2D eigenvalue weighted by molar-refractivity contribution is 0.108. The fourth-order valence-electron chi connectivity index (χ4n) is 3.01. The van der Waals surface area contributed by atoms with Crippen LogP contribution in [0, 0.1) is 0 Å². The molecule has 1 aromatic heterocycles. The summed E-state index contributed by atoms with van der Waals surface area (Å²) in [5, 5.41) is -0.127. The standard InChI is InChI=1S/C19H13ClO4/c1-19(2)8-7-10-13(24-19)9-14-16(15(10)18(20)22)17(21)11-5-3-4-6-12(11)23-14/h3-9H,1-2H3. The zero-order chi connectivity index (χ0) is 17.1. The van der Waals surface area contributed by atoms with Crippen LogP contribution in [0.1, 0.15) is 29.8 Å². The highest BCUT2D eigenvalue weighted by molar-refractivity contribution is 6.69. The van der Waals surface area contributed by atoms with Crippen molar-refractivity contribution in [3.63, 3.8) is 0 Å². The molecule has 0 N–H and O–H groups in total. The van der Waals surface area contributed by atoms with E-state index in [1.807, 2.05) is 19.9 Å². The smallest absolute Gasteiger partial charge is 0.254 e. The quantitative estimate of drug-likeness (QED) is 0.483. The molecule has 2 heterocycles. The van der Waals surface area contributed by atoms with Crippen molar-refractivity contribution in [3.05, 3.63) is 57.8 Å². The molecule has 5 heteroatoms. The number of hydrogen-bond donors (Lipinski definition) is 0. The summed E-state index contributed by atoms with van der Waals surface area (Å²) < 4.78 is 11.7. The first-order chi connectivity index (χ1) is 11.4. The molecular formula is C19H13ClO4. The number of halogens is 1. The summed E-state index contributed by atoms with van der Waals surface area (Å²) in [6.07, 6.45) is 3.59. The summed E-state index contributed by atoms with van der Waals surface area (Å²) in [6, 6.07) is 8.55. The van der Waals surface area contributed by atoms with Crippen LogP contribution in [0.5, 0.6) is 5.75 Å². The van der Waals surface area contributed by atoms with E-state index in [1.54, 1.807) is 36.4 Å². The van der Waals surface area contributed by atoms with Crippen LogP contribution < -0.4 is 10.2 Å². The Morgan fingerprint density at radius 3 is 2.67 bits per heavy atom. The first-order valence-corrected chi connectivity index (χ1v) is 7.86. The minimum atomic E-state index is -0.715. The fraction of sp³-hybridized carbons (Fsp3) is 0.158.